The molecule has 1 heterocycles. The smallest absolute Gasteiger partial charge is 0.150 e. The van der Waals surface area contributed by atoms with Crippen molar-refractivity contribution in [1.82, 2.24) is 0 Å². The van der Waals surface area contributed by atoms with Gasteiger partial charge >= 0.3 is 0 Å². The zero-order valence-electron chi connectivity index (χ0n) is 10.0. The van der Waals surface area contributed by atoms with Gasteiger partial charge in [0, 0.05) is 17.0 Å². The molecular formula is C16H14O2. The fourth-order valence-electron chi connectivity index (χ4n) is 2.44. The Morgan fingerprint density at radius 1 is 1.17 bits per heavy atom. The van der Waals surface area contributed by atoms with Gasteiger partial charge in [0.05, 0.1) is 6.61 Å². The third-order valence-corrected chi connectivity index (χ3v) is 3.37. The molecule has 2 aromatic rings. The van der Waals surface area contributed by atoms with Crippen LogP contribution >= 0.6 is 0 Å². The van der Waals surface area contributed by atoms with Crippen molar-refractivity contribution in [2.24, 2.45) is 0 Å². The van der Waals surface area contributed by atoms with Crippen molar-refractivity contribution in [1.29, 1.82) is 0 Å². The second-order valence-electron chi connectivity index (χ2n) is 4.61. The minimum absolute atomic E-state index is 0.349. The van der Waals surface area contributed by atoms with Crippen LogP contribution in [-0.2, 0) is 6.42 Å². The molecule has 1 aliphatic rings. The number of carbonyl (C=O) groups is 1. The Labute approximate surface area is 106 Å². The van der Waals surface area contributed by atoms with Crippen molar-refractivity contribution < 1.29 is 9.53 Å². The molecule has 0 saturated heterocycles. The molecule has 0 saturated carbocycles. The van der Waals surface area contributed by atoms with Crippen molar-refractivity contribution in [3.63, 3.8) is 0 Å². The van der Waals surface area contributed by atoms with Crippen LogP contribution in [-0.4, -0.2) is 12.9 Å². The van der Waals surface area contributed by atoms with Gasteiger partial charge < -0.3 is 4.74 Å². The third kappa shape index (κ3) is 2.02. The Kier molecular flexibility index (Phi) is 2.85. The number of ether oxygens (including phenoxy) is 1. The Balaban J connectivity index is 1.88. The molecule has 2 nitrogen and oxygen atoms in total. The fourth-order valence-corrected chi connectivity index (χ4v) is 2.44. The van der Waals surface area contributed by atoms with E-state index in [2.05, 4.69) is 12.1 Å². The van der Waals surface area contributed by atoms with Crippen molar-refractivity contribution >= 4 is 6.29 Å². The first-order valence-corrected chi connectivity index (χ1v) is 6.12. The number of carbonyl (C=O) groups excluding carboxylic acids is 1. The normalized spacial score (nSPS) is 17.0. The summed E-state index contributed by atoms with van der Waals surface area (Å²) in [4.78, 5) is 10.8. The first kappa shape index (κ1) is 11.0. The lowest BCUT2D eigenvalue weighted by atomic mass is 9.93. The summed E-state index contributed by atoms with van der Waals surface area (Å²) in [6.07, 6.45) is 1.84. The molecule has 0 bridgehead atoms. The van der Waals surface area contributed by atoms with Gasteiger partial charge in [-0.05, 0) is 30.2 Å². The Bertz CT molecular complexity index is 561. The molecule has 0 N–H and O–H groups in total. The highest BCUT2D eigenvalue weighted by Crippen LogP contribution is 2.36. The zero-order chi connectivity index (χ0) is 12.4. The van der Waals surface area contributed by atoms with E-state index in [0.29, 0.717) is 12.5 Å². The van der Waals surface area contributed by atoms with E-state index in [1.54, 1.807) is 6.07 Å². The number of hydrogen-bond acceptors (Lipinski definition) is 2. The maximum Gasteiger partial charge on any atom is 0.150 e. The van der Waals surface area contributed by atoms with Gasteiger partial charge in [-0.25, -0.2) is 0 Å². The lowest BCUT2D eigenvalue weighted by Crippen LogP contribution is -2.04. The molecule has 90 valence electrons. The first-order chi connectivity index (χ1) is 8.86. The summed E-state index contributed by atoms with van der Waals surface area (Å²) in [6, 6.07) is 16.0. The molecule has 1 atom stereocenters. The van der Waals surface area contributed by atoms with Gasteiger partial charge in [0.2, 0.25) is 0 Å². The summed E-state index contributed by atoms with van der Waals surface area (Å²) in [6.45, 7) is 0.701. The predicted molar refractivity (Wildman–Crippen MR) is 70.2 cm³/mol. The van der Waals surface area contributed by atoms with Crippen molar-refractivity contribution in [3.05, 3.63) is 65.2 Å². The summed E-state index contributed by atoms with van der Waals surface area (Å²) in [5.74, 6) is 1.27. The van der Waals surface area contributed by atoms with Crippen LogP contribution in [0.2, 0.25) is 0 Å². The van der Waals surface area contributed by atoms with Crippen LogP contribution < -0.4 is 4.74 Å². The average Bonchev–Trinajstić information content (AvgIpc) is 2.82. The van der Waals surface area contributed by atoms with Crippen LogP contribution in [0.15, 0.2) is 48.5 Å². The van der Waals surface area contributed by atoms with Gasteiger partial charge in [-0.2, -0.15) is 0 Å². The van der Waals surface area contributed by atoms with E-state index in [0.717, 1.165) is 29.6 Å². The quantitative estimate of drug-likeness (QED) is 0.767. The monoisotopic (exact) mass is 238 g/mol. The van der Waals surface area contributed by atoms with Crippen molar-refractivity contribution in [2.75, 3.05) is 6.61 Å². The zero-order valence-corrected chi connectivity index (χ0v) is 10.0. The Hall–Kier alpha value is -2.09. The molecule has 1 unspecified atom stereocenters. The molecule has 1 aliphatic heterocycles. The minimum Gasteiger partial charge on any atom is -0.493 e. The van der Waals surface area contributed by atoms with Crippen LogP contribution in [0.1, 0.15) is 27.4 Å². The molecule has 3 rings (SSSR count). The van der Waals surface area contributed by atoms with Crippen molar-refractivity contribution in [2.45, 2.75) is 12.3 Å². The van der Waals surface area contributed by atoms with Gasteiger partial charge in [0.25, 0.3) is 0 Å². The Morgan fingerprint density at radius 2 is 2.00 bits per heavy atom. The molecular weight excluding hydrogens is 224 g/mol. The summed E-state index contributed by atoms with van der Waals surface area (Å²) in [5.41, 5.74) is 3.18. The van der Waals surface area contributed by atoms with E-state index in [9.17, 15) is 4.79 Å². The Morgan fingerprint density at radius 3 is 2.78 bits per heavy atom. The maximum absolute atomic E-state index is 10.8. The van der Waals surface area contributed by atoms with Crippen LogP contribution in [0, 0.1) is 0 Å². The number of fused-ring (bicyclic) bond motifs is 1. The van der Waals surface area contributed by atoms with Crippen LogP contribution in [0.5, 0.6) is 5.75 Å². The summed E-state index contributed by atoms with van der Waals surface area (Å²) >= 11 is 0. The van der Waals surface area contributed by atoms with Gasteiger partial charge in [-0.1, -0.05) is 30.3 Å². The predicted octanol–water partition coefficient (Wildman–Crippen LogP) is 3.22. The topological polar surface area (TPSA) is 26.3 Å². The molecule has 0 amide bonds. The van der Waals surface area contributed by atoms with Crippen LogP contribution in [0.3, 0.4) is 0 Å². The van der Waals surface area contributed by atoms with Crippen LogP contribution in [0.25, 0.3) is 0 Å². The number of aldehydes is 1. The number of hydrogen-bond donors (Lipinski definition) is 0. The SMILES string of the molecule is O=Cc1ccc2c(c1)C(Cc1ccccc1)CO2. The third-order valence-electron chi connectivity index (χ3n) is 3.37. The summed E-state index contributed by atoms with van der Waals surface area (Å²) < 4.78 is 5.67. The van der Waals surface area contributed by atoms with Gasteiger partial charge in [0.15, 0.2) is 0 Å². The lowest BCUT2D eigenvalue weighted by molar-refractivity contribution is 0.112. The fraction of sp³-hybridized carbons (Fsp3) is 0.188. The molecule has 0 spiro atoms. The van der Waals surface area contributed by atoms with E-state index in [4.69, 9.17) is 4.74 Å². The van der Waals surface area contributed by atoms with Gasteiger partial charge in [-0.3, -0.25) is 4.79 Å². The summed E-state index contributed by atoms with van der Waals surface area (Å²) in [7, 11) is 0. The van der Waals surface area contributed by atoms with Crippen molar-refractivity contribution in [3.8, 4) is 5.75 Å². The van der Waals surface area contributed by atoms with E-state index in [1.807, 2.05) is 30.3 Å². The second-order valence-corrected chi connectivity index (χ2v) is 4.61. The largest absolute Gasteiger partial charge is 0.493 e. The molecule has 0 radical (unpaired) electrons. The molecule has 2 heteroatoms. The van der Waals surface area contributed by atoms with Gasteiger partial charge in [-0.15, -0.1) is 0 Å². The number of rotatable bonds is 3. The highest BCUT2D eigenvalue weighted by Gasteiger charge is 2.24. The van der Waals surface area contributed by atoms with Gasteiger partial charge in [0.1, 0.15) is 12.0 Å². The summed E-state index contributed by atoms with van der Waals surface area (Å²) in [5, 5.41) is 0. The van der Waals surface area contributed by atoms with E-state index >= 15 is 0 Å². The van der Waals surface area contributed by atoms with Crippen LogP contribution in [0.4, 0.5) is 0 Å². The highest BCUT2D eigenvalue weighted by molar-refractivity contribution is 5.76. The average molecular weight is 238 g/mol. The first-order valence-electron chi connectivity index (χ1n) is 6.12. The van der Waals surface area contributed by atoms with E-state index in [-0.39, 0.29) is 0 Å². The van der Waals surface area contributed by atoms with E-state index in [1.165, 1.54) is 5.56 Å². The standard InChI is InChI=1S/C16H14O2/c17-10-13-6-7-16-15(9-13)14(11-18-16)8-12-4-2-1-3-5-12/h1-7,9-10,14H,8,11H2. The molecule has 0 aliphatic carbocycles. The highest BCUT2D eigenvalue weighted by atomic mass is 16.5. The van der Waals surface area contributed by atoms with E-state index < -0.39 is 0 Å². The number of benzene rings is 2. The molecule has 0 fully saturated rings. The maximum atomic E-state index is 10.8. The molecule has 18 heavy (non-hydrogen) atoms. The molecule has 2 aromatic carbocycles. The lowest BCUT2D eigenvalue weighted by Gasteiger charge is -2.09. The minimum atomic E-state index is 0.349. The molecule has 0 aromatic heterocycles. The second kappa shape index (κ2) is 4.65.